The van der Waals surface area contributed by atoms with Crippen LogP contribution in [0.1, 0.15) is 17.8 Å². The number of aryl methyl sites for hydroxylation is 2. The van der Waals surface area contributed by atoms with Crippen LogP contribution in [0, 0.1) is 13.8 Å². The summed E-state index contributed by atoms with van der Waals surface area (Å²) in [6.07, 6.45) is 2.93. The van der Waals surface area contributed by atoms with E-state index in [2.05, 4.69) is 14.9 Å². The molecule has 2 N–H and O–H groups in total. The normalized spacial score (nSPS) is 21.6. The van der Waals surface area contributed by atoms with Crippen molar-refractivity contribution in [2.45, 2.75) is 26.3 Å². The van der Waals surface area contributed by atoms with E-state index in [4.69, 9.17) is 5.73 Å². The summed E-state index contributed by atoms with van der Waals surface area (Å²) < 4.78 is 0. The van der Waals surface area contributed by atoms with Gasteiger partial charge in [-0.25, -0.2) is 9.97 Å². The Morgan fingerprint density at radius 2 is 2.29 bits per heavy atom. The van der Waals surface area contributed by atoms with Gasteiger partial charge in [0.1, 0.15) is 11.6 Å². The highest BCUT2D eigenvalue weighted by Crippen LogP contribution is 2.20. The SMILES string of the molecule is Cc1ncc(C)c(N2CCC(N)C2)n1. The van der Waals surface area contributed by atoms with Gasteiger partial charge in [0, 0.05) is 30.9 Å². The third kappa shape index (κ3) is 1.70. The van der Waals surface area contributed by atoms with Gasteiger partial charge in [-0.15, -0.1) is 0 Å². The van der Waals surface area contributed by atoms with Crippen molar-refractivity contribution in [3.63, 3.8) is 0 Å². The molecule has 0 aliphatic carbocycles. The van der Waals surface area contributed by atoms with Crippen molar-refractivity contribution >= 4 is 5.82 Å². The number of hydrogen-bond acceptors (Lipinski definition) is 4. The Morgan fingerprint density at radius 1 is 1.50 bits per heavy atom. The molecule has 0 spiro atoms. The summed E-state index contributed by atoms with van der Waals surface area (Å²) in [5.74, 6) is 1.87. The Bertz CT molecular complexity index is 337. The molecule has 1 atom stereocenters. The van der Waals surface area contributed by atoms with Crippen molar-refractivity contribution < 1.29 is 0 Å². The van der Waals surface area contributed by atoms with E-state index in [1.54, 1.807) is 0 Å². The van der Waals surface area contributed by atoms with E-state index in [1.807, 2.05) is 20.0 Å². The maximum absolute atomic E-state index is 5.87. The largest absolute Gasteiger partial charge is 0.355 e. The first kappa shape index (κ1) is 9.40. The Hall–Kier alpha value is -1.16. The lowest BCUT2D eigenvalue weighted by Crippen LogP contribution is -2.27. The van der Waals surface area contributed by atoms with E-state index >= 15 is 0 Å². The smallest absolute Gasteiger partial charge is 0.135 e. The first-order chi connectivity index (χ1) is 6.66. The van der Waals surface area contributed by atoms with Gasteiger partial charge in [-0.05, 0) is 20.3 Å². The average Bonchev–Trinajstić information content (AvgIpc) is 2.56. The highest BCUT2D eigenvalue weighted by molar-refractivity contribution is 5.46. The van der Waals surface area contributed by atoms with Gasteiger partial charge in [0.2, 0.25) is 0 Å². The second kappa shape index (κ2) is 3.53. The van der Waals surface area contributed by atoms with Crippen LogP contribution in [-0.2, 0) is 0 Å². The molecule has 0 radical (unpaired) electrons. The lowest BCUT2D eigenvalue weighted by Gasteiger charge is -2.18. The summed E-state index contributed by atoms with van der Waals surface area (Å²) in [5, 5.41) is 0. The van der Waals surface area contributed by atoms with Crippen molar-refractivity contribution in [3.8, 4) is 0 Å². The number of anilines is 1. The lowest BCUT2D eigenvalue weighted by molar-refractivity contribution is 0.751. The summed E-state index contributed by atoms with van der Waals surface area (Å²) in [7, 11) is 0. The van der Waals surface area contributed by atoms with E-state index in [0.717, 1.165) is 36.7 Å². The van der Waals surface area contributed by atoms with Crippen LogP contribution in [0.4, 0.5) is 5.82 Å². The summed E-state index contributed by atoms with van der Waals surface area (Å²) in [6, 6.07) is 0.296. The van der Waals surface area contributed by atoms with Crippen molar-refractivity contribution in [2.24, 2.45) is 5.73 Å². The molecule has 1 aliphatic rings. The molecule has 14 heavy (non-hydrogen) atoms. The van der Waals surface area contributed by atoms with Gasteiger partial charge >= 0.3 is 0 Å². The second-order valence-electron chi connectivity index (χ2n) is 3.92. The predicted octanol–water partition coefficient (Wildman–Crippen LogP) is 0.631. The molecule has 1 fully saturated rings. The molecule has 2 heterocycles. The summed E-state index contributed by atoms with van der Waals surface area (Å²) in [5.41, 5.74) is 6.99. The molecule has 1 aromatic rings. The third-order valence-corrected chi connectivity index (χ3v) is 2.59. The minimum atomic E-state index is 0.296. The molecule has 0 amide bonds. The van der Waals surface area contributed by atoms with E-state index < -0.39 is 0 Å². The maximum Gasteiger partial charge on any atom is 0.135 e. The molecule has 1 saturated heterocycles. The number of nitrogens with two attached hydrogens (primary N) is 1. The molecule has 0 saturated carbocycles. The summed E-state index contributed by atoms with van der Waals surface area (Å²) >= 11 is 0. The van der Waals surface area contributed by atoms with Crippen LogP contribution in [0.25, 0.3) is 0 Å². The number of aromatic nitrogens is 2. The van der Waals surface area contributed by atoms with Gasteiger partial charge < -0.3 is 10.6 Å². The van der Waals surface area contributed by atoms with Gasteiger partial charge in [-0.3, -0.25) is 0 Å². The van der Waals surface area contributed by atoms with Crippen LogP contribution in [-0.4, -0.2) is 29.1 Å². The van der Waals surface area contributed by atoms with Crippen molar-refractivity contribution in [3.05, 3.63) is 17.6 Å². The number of hydrogen-bond donors (Lipinski definition) is 1. The number of rotatable bonds is 1. The molecule has 1 aromatic heterocycles. The molecule has 1 aliphatic heterocycles. The lowest BCUT2D eigenvalue weighted by atomic mass is 10.3. The molecule has 4 nitrogen and oxygen atoms in total. The molecule has 2 rings (SSSR count). The maximum atomic E-state index is 5.87. The topological polar surface area (TPSA) is 55.0 Å². The zero-order valence-corrected chi connectivity index (χ0v) is 8.70. The van der Waals surface area contributed by atoms with Crippen LogP contribution in [0.3, 0.4) is 0 Å². The Kier molecular flexibility index (Phi) is 2.37. The Balaban J connectivity index is 2.27. The summed E-state index contributed by atoms with van der Waals surface area (Å²) in [6.45, 7) is 5.88. The molecule has 0 bridgehead atoms. The first-order valence-corrected chi connectivity index (χ1v) is 4.97. The van der Waals surface area contributed by atoms with Gasteiger partial charge in [0.05, 0.1) is 0 Å². The third-order valence-electron chi connectivity index (χ3n) is 2.59. The predicted molar refractivity (Wildman–Crippen MR) is 56.3 cm³/mol. The fraction of sp³-hybridized carbons (Fsp3) is 0.600. The van der Waals surface area contributed by atoms with Crippen LogP contribution in [0.2, 0.25) is 0 Å². The minimum Gasteiger partial charge on any atom is -0.355 e. The van der Waals surface area contributed by atoms with Crippen molar-refractivity contribution in [1.82, 2.24) is 9.97 Å². The molecule has 0 aromatic carbocycles. The highest BCUT2D eigenvalue weighted by atomic mass is 15.2. The van der Waals surface area contributed by atoms with Crippen LogP contribution in [0.5, 0.6) is 0 Å². The van der Waals surface area contributed by atoms with Crippen LogP contribution >= 0.6 is 0 Å². The van der Waals surface area contributed by atoms with Gasteiger partial charge in [0.25, 0.3) is 0 Å². The Labute approximate surface area is 84.2 Å². The van der Waals surface area contributed by atoms with Gasteiger partial charge in [0.15, 0.2) is 0 Å². The van der Waals surface area contributed by atoms with Crippen molar-refractivity contribution in [2.75, 3.05) is 18.0 Å². The zero-order valence-electron chi connectivity index (χ0n) is 8.70. The van der Waals surface area contributed by atoms with E-state index in [0.29, 0.717) is 6.04 Å². The Morgan fingerprint density at radius 3 is 2.93 bits per heavy atom. The fourth-order valence-electron chi connectivity index (χ4n) is 1.82. The molecule has 76 valence electrons. The van der Waals surface area contributed by atoms with Crippen LogP contribution in [0.15, 0.2) is 6.20 Å². The zero-order chi connectivity index (χ0) is 10.1. The quantitative estimate of drug-likeness (QED) is 0.709. The monoisotopic (exact) mass is 192 g/mol. The fourth-order valence-corrected chi connectivity index (χ4v) is 1.82. The number of nitrogens with zero attached hydrogens (tertiary/aromatic N) is 3. The van der Waals surface area contributed by atoms with Gasteiger partial charge in [-0.2, -0.15) is 0 Å². The summed E-state index contributed by atoms with van der Waals surface area (Å²) in [4.78, 5) is 10.9. The van der Waals surface area contributed by atoms with Crippen LogP contribution < -0.4 is 10.6 Å². The highest BCUT2D eigenvalue weighted by Gasteiger charge is 2.21. The van der Waals surface area contributed by atoms with Crippen molar-refractivity contribution in [1.29, 1.82) is 0 Å². The average molecular weight is 192 g/mol. The second-order valence-corrected chi connectivity index (χ2v) is 3.92. The molecular weight excluding hydrogens is 176 g/mol. The standard InChI is InChI=1S/C10H16N4/c1-7-5-12-8(2)13-10(7)14-4-3-9(11)6-14/h5,9H,3-4,6,11H2,1-2H3. The van der Waals surface area contributed by atoms with E-state index in [-0.39, 0.29) is 0 Å². The van der Waals surface area contributed by atoms with E-state index in [1.165, 1.54) is 0 Å². The van der Waals surface area contributed by atoms with E-state index in [9.17, 15) is 0 Å². The molecular formula is C10H16N4. The minimum absolute atomic E-state index is 0.296. The molecule has 1 unspecified atom stereocenters. The van der Waals surface area contributed by atoms with Gasteiger partial charge in [-0.1, -0.05) is 0 Å². The first-order valence-electron chi connectivity index (χ1n) is 4.97. The molecule has 4 heteroatoms.